The molecule has 1 aliphatic rings. The molecule has 150 valence electrons. The molecule has 3 rings (SSSR count). The first-order chi connectivity index (χ1) is 13.2. The number of ketones is 1. The number of aryl methyl sites for hydroxylation is 2. The zero-order chi connectivity index (χ0) is 20.5. The number of benzene rings is 1. The van der Waals surface area contributed by atoms with Gasteiger partial charge in [0, 0.05) is 25.6 Å². The van der Waals surface area contributed by atoms with Crippen molar-refractivity contribution in [3.63, 3.8) is 0 Å². The third-order valence-electron chi connectivity index (χ3n) is 4.72. The molecule has 0 radical (unpaired) electrons. The largest absolute Gasteiger partial charge is 0.298 e. The predicted octanol–water partition coefficient (Wildman–Crippen LogP) is 3.39. The molecule has 7 nitrogen and oxygen atoms in total. The molecule has 0 bridgehead atoms. The molecule has 1 amide bonds. The van der Waals surface area contributed by atoms with E-state index in [9.17, 15) is 18.0 Å². The number of carbonyl (C=O) groups is 2. The molecule has 1 saturated heterocycles. The van der Waals surface area contributed by atoms with Crippen LogP contribution in [0.4, 0.5) is 5.13 Å². The fraction of sp³-hybridized carbons (Fsp3) is 0.421. The van der Waals surface area contributed by atoms with Crippen molar-refractivity contribution in [2.45, 2.75) is 44.9 Å². The van der Waals surface area contributed by atoms with E-state index in [4.69, 9.17) is 0 Å². The van der Waals surface area contributed by atoms with E-state index in [1.807, 2.05) is 0 Å². The Labute approximate surface area is 168 Å². The number of nitrogens with one attached hydrogen (secondary N) is 1. The fourth-order valence-corrected chi connectivity index (χ4v) is 5.83. The second kappa shape index (κ2) is 8.10. The first-order valence-electron chi connectivity index (χ1n) is 9.10. The third kappa shape index (κ3) is 4.16. The fourth-order valence-electron chi connectivity index (χ4n) is 3.21. The number of anilines is 1. The molecule has 1 aliphatic heterocycles. The molecule has 0 unspecified atom stereocenters. The summed E-state index contributed by atoms with van der Waals surface area (Å²) in [6.07, 6.45) is 2.73. The summed E-state index contributed by atoms with van der Waals surface area (Å²) >= 11 is 1.11. The van der Waals surface area contributed by atoms with Crippen LogP contribution in [0.15, 0.2) is 23.1 Å². The highest BCUT2D eigenvalue weighted by atomic mass is 32.2. The van der Waals surface area contributed by atoms with Crippen LogP contribution in [0, 0.1) is 13.8 Å². The average Bonchev–Trinajstić information content (AvgIpc) is 3.03. The van der Waals surface area contributed by atoms with E-state index in [1.54, 1.807) is 26.0 Å². The highest BCUT2D eigenvalue weighted by molar-refractivity contribution is 7.89. The zero-order valence-electron chi connectivity index (χ0n) is 16.1. The molecule has 2 heterocycles. The Hall–Kier alpha value is -2.10. The Morgan fingerprint density at radius 2 is 1.82 bits per heavy atom. The number of piperidine rings is 1. The summed E-state index contributed by atoms with van der Waals surface area (Å²) in [7, 11) is -3.64. The summed E-state index contributed by atoms with van der Waals surface area (Å²) < 4.78 is 27.5. The van der Waals surface area contributed by atoms with Gasteiger partial charge in [-0.25, -0.2) is 13.4 Å². The first kappa shape index (κ1) is 20.6. The van der Waals surface area contributed by atoms with E-state index in [0.29, 0.717) is 34.4 Å². The van der Waals surface area contributed by atoms with Crippen LogP contribution >= 0.6 is 11.3 Å². The topological polar surface area (TPSA) is 96.4 Å². The third-order valence-corrected chi connectivity index (χ3v) is 7.93. The number of thiazole rings is 1. The SMILES string of the molecule is CC(=O)c1sc(NC(=O)c2ccc(C)c(S(=O)(=O)N3CCCCC3)c2)nc1C. The van der Waals surface area contributed by atoms with Gasteiger partial charge in [0.2, 0.25) is 10.0 Å². The van der Waals surface area contributed by atoms with E-state index >= 15 is 0 Å². The van der Waals surface area contributed by atoms with Crippen molar-refractivity contribution in [1.29, 1.82) is 0 Å². The minimum absolute atomic E-state index is 0.110. The lowest BCUT2D eigenvalue weighted by Crippen LogP contribution is -2.36. The van der Waals surface area contributed by atoms with Crippen LogP contribution in [0.2, 0.25) is 0 Å². The number of carbonyl (C=O) groups excluding carboxylic acids is 2. The molecule has 1 N–H and O–H groups in total. The minimum Gasteiger partial charge on any atom is -0.298 e. The normalized spacial score (nSPS) is 15.4. The van der Waals surface area contributed by atoms with Gasteiger partial charge in [0.05, 0.1) is 15.5 Å². The lowest BCUT2D eigenvalue weighted by Gasteiger charge is -2.26. The van der Waals surface area contributed by atoms with Crippen LogP contribution in [0.3, 0.4) is 0 Å². The number of amides is 1. The monoisotopic (exact) mass is 421 g/mol. The maximum absolute atomic E-state index is 13.0. The van der Waals surface area contributed by atoms with Crippen molar-refractivity contribution in [1.82, 2.24) is 9.29 Å². The van der Waals surface area contributed by atoms with Crippen LogP contribution < -0.4 is 5.32 Å². The Balaban J connectivity index is 1.87. The number of nitrogens with zero attached hydrogens (tertiary/aromatic N) is 2. The molecule has 1 aromatic heterocycles. The summed E-state index contributed by atoms with van der Waals surface area (Å²) in [4.78, 5) is 29.0. The molecule has 1 fully saturated rings. The summed E-state index contributed by atoms with van der Waals surface area (Å²) in [5.41, 5.74) is 1.40. The summed E-state index contributed by atoms with van der Waals surface area (Å²) in [5, 5.41) is 2.97. The molecule has 1 aromatic carbocycles. The zero-order valence-corrected chi connectivity index (χ0v) is 17.7. The smallest absolute Gasteiger partial charge is 0.257 e. The molecule has 0 saturated carbocycles. The van der Waals surface area contributed by atoms with Gasteiger partial charge < -0.3 is 0 Å². The highest BCUT2D eigenvalue weighted by Crippen LogP contribution is 2.26. The molecule has 9 heteroatoms. The Morgan fingerprint density at radius 1 is 1.14 bits per heavy atom. The van der Waals surface area contributed by atoms with Crippen molar-refractivity contribution in [3.05, 3.63) is 39.9 Å². The molecular weight excluding hydrogens is 398 g/mol. The molecular formula is C19H23N3O4S2. The Kier molecular flexibility index (Phi) is 5.97. The lowest BCUT2D eigenvalue weighted by atomic mass is 10.1. The van der Waals surface area contributed by atoms with E-state index in [0.717, 1.165) is 30.6 Å². The summed E-state index contributed by atoms with van der Waals surface area (Å²) in [5.74, 6) is -0.570. The average molecular weight is 422 g/mol. The van der Waals surface area contributed by atoms with Gasteiger partial charge in [-0.3, -0.25) is 14.9 Å². The van der Waals surface area contributed by atoms with Gasteiger partial charge in [0.1, 0.15) is 0 Å². The second-order valence-corrected chi connectivity index (χ2v) is 9.79. The van der Waals surface area contributed by atoms with Gasteiger partial charge in [-0.05, 0) is 44.4 Å². The van der Waals surface area contributed by atoms with Gasteiger partial charge in [0.15, 0.2) is 10.9 Å². The number of Topliss-reactive ketones (excluding diaryl/α,β-unsaturated/α-hetero) is 1. The maximum Gasteiger partial charge on any atom is 0.257 e. The van der Waals surface area contributed by atoms with Crippen molar-refractivity contribution in [2.24, 2.45) is 0 Å². The summed E-state index contributed by atoms with van der Waals surface area (Å²) in [6.45, 7) is 5.89. The minimum atomic E-state index is -3.64. The Morgan fingerprint density at radius 3 is 2.43 bits per heavy atom. The molecule has 0 atom stereocenters. The van der Waals surface area contributed by atoms with E-state index in [-0.39, 0.29) is 16.2 Å². The van der Waals surface area contributed by atoms with Gasteiger partial charge in [-0.2, -0.15) is 4.31 Å². The number of hydrogen-bond donors (Lipinski definition) is 1. The first-order valence-corrected chi connectivity index (χ1v) is 11.4. The number of hydrogen-bond acceptors (Lipinski definition) is 6. The van der Waals surface area contributed by atoms with Gasteiger partial charge in [-0.1, -0.05) is 23.8 Å². The highest BCUT2D eigenvalue weighted by Gasteiger charge is 2.28. The van der Waals surface area contributed by atoms with Crippen LogP contribution in [0.5, 0.6) is 0 Å². The molecule has 2 aromatic rings. The number of aromatic nitrogens is 1. The van der Waals surface area contributed by atoms with Gasteiger partial charge in [-0.15, -0.1) is 0 Å². The predicted molar refractivity (Wildman–Crippen MR) is 109 cm³/mol. The molecule has 0 aliphatic carbocycles. The van der Waals surface area contributed by atoms with Crippen LogP contribution in [-0.4, -0.2) is 42.5 Å². The van der Waals surface area contributed by atoms with Crippen molar-refractivity contribution < 1.29 is 18.0 Å². The van der Waals surface area contributed by atoms with E-state index in [2.05, 4.69) is 10.3 Å². The Bertz CT molecular complexity index is 1020. The van der Waals surface area contributed by atoms with Crippen LogP contribution in [0.25, 0.3) is 0 Å². The second-order valence-electron chi connectivity index (χ2n) is 6.89. The van der Waals surface area contributed by atoms with Crippen molar-refractivity contribution >= 4 is 38.2 Å². The van der Waals surface area contributed by atoms with Crippen molar-refractivity contribution in [2.75, 3.05) is 18.4 Å². The van der Waals surface area contributed by atoms with Gasteiger partial charge >= 0.3 is 0 Å². The quantitative estimate of drug-likeness (QED) is 0.747. The van der Waals surface area contributed by atoms with Gasteiger partial charge in [0.25, 0.3) is 5.91 Å². The van der Waals surface area contributed by atoms with Crippen LogP contribution in [0.1, 0.15) is 57.5 Å². The van der Waals surface area contributed by atoms with Crippen molar-refractivity contribution in [3.8, 4) is 0 Å². The summed E-state index contributed by atoms with van der Waals surface area (Å²) in [6, 6.07) is 4.65. The maximum atomic E-state index is 13.0. The van der Waals surface area contributed by atoms with E-state index in [1.165, 1.54) is 17.3 Å². The standard InChI is InChI=1S/C19H23N3O4S2/c1-12-7-8-15(11-16(12)28(25,26)22-9-5-4-6-10-22)18(24)21-19-20-13(2)17(27-19)14(3)23/h7-8,11H,4-6,9-10H2,1-3H3,(H,20,21,24). The van der Waals surface area contributed by atoms with Crippen LogP contribution in [-0.2, 0) is 10.0 Å². The number of rotatable bonds is 5. The lowest BCUT2D eigenvalue weighted by molar-refractivity contribution is 0.101. The molecule has 28 heavy (non-hydrogen) atoms. The van der Waals surface area contributed by atoms with E-state index < -0.39 is 15.9 Å². The number of sulfonamides is 1. The molecule has 0 spiro atoms.